The van der Waals surface area contributed by atoms with Gasteiger partial charge in [-0.1, -0.05) is 12.1 Å². The number of hydrogen-bond acceptors (Lipinski definition) is 12. The molecule has 54 heavy (non-hydrogen) atoms. The number of fused-ring (bicyclic) bond motifs is 1. The summed E-state index contributed by atoms with van der Waals surface area (Å²) in [5, 5.41) is 13.4. The molecule has 0 atom stereocenters. The molecule has 0 radical (unpaired) electrons. The smallest absolute Gasteiger partial charge is 0.223 e. The molecule has 1 fully saturated rings. The van der Waals surface area contributed by atoms with Crippen molar-refractivity contribution in [3.05, 3.63) is 35.7 Å². The maximum atomic E-state index is 12.9. The first kappa shape index (κ1) is 43.0. The van der Waals surface area contributed by atoms with E-state index in [2.05, 4.69) is 15.3 Å². The molecule has 2 aromatic rings. The number of amidine groups is 2. The number of hydrogen-bond donors (Lipinski definition) is 6. The lowest BCUT2D eigenvalue weighted by Crippen LogP contribution is -2.87. The number of nitrogens with zero attached hydrogens (tertiary/aromatic N) is 2. The number of amides is 1. The minimum absolute atomic E-state index is 0.0500. The number of aromatic amines is 1. The second-order valence-electron chi connectivity index (χ2n) is 12.6. The zero-order valence-electron chi connectivity index (χ0n) is 31.5. The SMILES string of the molecule is COc1cccc2cc(C3=C(C(N)=NC=N)[NH2+]C(C4CCC(C(=O)NCCOCCOCCOCCOCCOCCOCCOCCN)CC4)=N3)[nH]c12. The fourth-order valence-electron chi connectivity index (χ4n) is 6.16. The number of quaternary nitrogens is 1. The highest BCUT2D eigenvalue weighted by Gasteiger charge is 2.36. The van der Waals surface area contributed by atoms with E-state index in [1.165, 1.54) is 0 Å². The molecule has 1 aromatic carbocycles. The van der Waals surface area contributed by atoms with E-state index in [4.69, 9.17) is 59.8 Å². The van der Waals surface area contributed by atoms with Crippen LogP contribution in [0.2, 0.25) is 0 Å². The van der Waals surface area contributed by atoms with E-state index < -0.39 is 0 Å². The molecule has 9 N–H and O–H groups in total. The van der Waals surface area contributed by atoms with Gasteiger partial charge >= 0.3 is 0 Å². The number of methoxy groups -OCH3 is 1. The van der Waals surface area contributed by atoms with Crippen molar-refractivity contribution < 1.29 is 48.0 Å². The van der Waals surface area contributed by atoms with E-state index >= 15 is 0 Å². The number of carbonyl (C=O) groups is 1. The summed E-state index contributed by atoms with van der Waals surface area (Å²) in [4.78, 5) is 25.3. The second-order valence-corrected chi connectivity index (χ2v) is 12.6. The first-order chi connectivity index (χ1) is 26.5. The minimum atomic E-state index is -0.0500. The van der Waals surface area contributed by atoms with Crippen LogP contribution in [0.4, 0.5) is 0 Å². The van der Waals surface area contributed by atoms with Crippen LogP contribution in [0, 0.1) is 17.2 Å². The fraction of sp³-hybridized carbons (Fsp3) is 0.622. The molecule has 0 spiro atoms. The van der Waals surface area contributed by atoms with Crippen molar-refractivity contribution in [2.45, 2.75) is 25.7 Å². The van der Waals surface area contributed by atoms with Gasteiger partial charge in [-0.3, -0.25) is 15.5 Å². The van der Waals surface area contributed by atoms with Crippen LogP contribution in [0.15, 0.2) is 39.9 Å². The molecule has 0 unspecified atom stereocenters. The molecule has 1 amide bonds. The lowest BCUT2D eigenvalue weighted by atomic mass is 9.81. The fourth-order valence-corrected chi connectivity index (χ4v) is 6.16. The number of benzene rings is 1. The van der Waals surface area contributed by atoms with Crippen molar-refractivity contribution in [1.82, 2.24) is 10.3 Å². The van der Waals surface area contributed by atoms with E-state index in [1.54, 1.807) is 7.11 Å². The molecule has 17 nitrogen and oxygen atoms in total. The van der Waals surface area contributed by atoms with Crippen molar-refractivity contribution in [3.63, 3.8) is 0 Å². The number of nitrogens with one attached hydrogen (secondary N) is 3. The van der Waals surface area contributed by atoms with Crippen molar-refractivity contribution in [3.8, 4) is 5.75 Å². The van der Waals surface area contributed by atoms with Gasteiger partial charge < -0.3 is 59.7 Å². The number of aliphatic imine (C=N–C) groups is 2. The molecule has 2 heterocycles. The average Bonchev–Trinajstić information content (AvgIpc) is 3.84. The third-order valence-electron chi connectivity index (χ3n) is 8.92. The summed E-state index contributed by atoms with van der Waals surface area (Å²) in [6.07, 6.45) is 4.13. The van der Waals surface area contributed by atoms with Gasteiger partial charge in [0.1, 0.15) is 12.1 Å². The van der Waals surface area contributed by atoms with Gasteiger partial charge in [0.25, 0.3) is 0 Å². The highest BCUT2D eigenvalue weighted by Crippen LogP contribution is 2.33. The Labute approximate surface area is 317 Å². The van der Waals surface area contributed by atoms with Crippen LogP contribution in [-0.4, -0.2) is 142 Å². The lowest BCUT2D eigenvalue weighted by Gasteiger charge is -2.26. The molecular formula is C37H59N8O9+. The molecule has 0 saturated heterocycles. The number of carbonyl (C=O) groups excluding carboxylic acids is 1. The molecule has 1 aromatic heterocycles. The molecule has 300 valence electrons. The Balaban J connectivity index is 1.00. The zero-order valence-corrected chi connectivity index (χ0v) is 31.5. The van der Waals surface area contributed by atoms with Gasteiger partial charge in [-0.25, -0.2) is 4.99 Å². The van der Waals surface area contributed by atoms with E-state index in [9.17, 15) is 4.79 Å². The molecule has 1 aliphatic heterocycles. The van der Waals surface area contributed by atoms with Crippen LogP contribution in [-0.2, 0) is 38.0 Å². The second kappa shape index (κ2) is 25.3. The Hall–Kier alpha value is -3.78. The van der Waals surface area contributed by atoms with Crippen LogP contribution in [0.1, 0.15) is 31.4 Å². The van der Waals surface area contributed by atoms with Crippen molar-refractivity contribution in [1.29, 1.82) is 5.41 Å². The van der Waals surface area contributed by atoms with Crippen molar-refractivity contribution >= 4 is 40.5 Å². The molecule has 4 rings (SSSR count). The van der Waals surface area contributed by atoms with Crippen LogP contribution in [0.25, 0.3) is 16.6 Å². The van der Waals surface area contributed by atoms with Gasteiger partial charge in [0.05, 0.1) is 117 Å². The minimum Gasteiger partial charge on any atom is -0.495 e. The largest absolute Gasteiger partial charge is 0.495 e. The molecule has 0 bridgehead atoms. The summed E-state index contributed by atoms with van der Waals surface area (Å²) >= 11 is 0. The monoisotopic (exact) mass is 759 g/mol. The summed E-state index contributed by atoms with van der Waals surface area (Å²) in [6.45, 7) is 7.83. The standard InChI is InChI=1S/C37H58N8O9/c1-47-31-4-2-3-29-25-30(43-32(29)31)33-34(35(40)42-26-39)45-36(44-33)27-5-7-28(8-6-27)37(46)41-10-12-49-14-16-51-18-20-53-22-24-54-23-21-52-19-17-50-15-13-48-11-9-38/h2-4,25-28,43H,5-24,38H2,1H3,(H,41,46)(H,44,45)(H3,39,40,42)/p+1. The first-order valence-corrected chi connectivity index (χ1v) is 18.7. The third kappa shape index (κ3) is 14.5. The Kier molecular flexibility index (Phi) is 20.1. The molecular weight excluding hydrogens is 700 g/mol. The van der Waals surface area contributed by atoms with Crippen LogP contribution in [0.3, 0.4) is 0 Å². The van der Waals surface area contributed by atoms with E-state index in [0.717, 1.165) is 60.2 Å². The number of aromatic nitrogens is 1. The molecule has 17 heteroatoms. The maximum Gasteiger partial charge on any atom is 0.223 e. The topological polar surface area (TPSA) is 236 Å². The van der Waals surface area contributed by atoms with Gasteiger partial charge in [-0.05, 0) is 37.8 Å². The normalized spacial score (nSPS) is 17.7. The van der Waals surface area contributed by atoms with Gasteiger partial charge in [0.2, 0.25) is 17.4 Å². The highest BCUT2D eigenvalue weighted by molar-refractivity contribution is 6.08. The Morgan fingerprint density at radius 1 is 0.889 bits per heavy atom. The Morgan fingerprint density at radius 2 is 1.44 bits per heavy atom. The van der Waals surface area contributed by atoms with Crippen molar-refractivity contribution in [2.75, 3.05) is 113 Å². The van der Waals surface area contributed by atoms with Gasteiger partial charge in [-0.15, -0.1) is 0 Å². The summed E-state index contributed by atoms with van der Waals surface area (Å²) in [7, 11) is 1.64. The summed E-state index contributed by atoms with van der Waals surface area (Å²) in [5.41, 5.74) is 14.7. The summed E-state index contributed by atoms with van der Waals surface area (Å²) in [6, 6.07) is 7.86. The van der Waals surface area contributed by atoms with E-state index in [1.807, 2.05) is 29.6 Å². The van der Waals surface area contributed by atoms with Crippen molar-refractivity contribution in [2.24, 2.45) is 33.3 Å². The average molecular weight is 760 g/mol. The first-order valence-electron chi connectivity index (χ1n) is 18.7. The van der Waals surface area contributed by atoms with Gasteiger partial charge in [0.15, 0.2) is 11.5 Å². The number of rotatable bonds is 29. The number of H-pyrrole nitrogens is 1. The summed E-state index contributed by atoms with van der Waals surface area (Å²) < 4.78 is 43.7. The number of para-hydroxylation sites is 1. The maximum absolute atomic E-state index is 12.9. The van der Waals surface area contributed by atoms with Crippen LogP contribution >= 0.6 is 0 Å². The lowest BCUT2D eigenvalue weighted by molar-refractivity contribution is -0.475. The Bertz CT molecular complexity index is 1510. The highest BCUT2D eigenvalue weighted by atomic mass is 16.6. The number of ether oxygens (including phenoxy) is 8. The predicted octanol–water partition coefficient (Wildman–Crippen LogP) is 0.782. The zero-order chi connectivity index (χ0) is 38.2. The van der Waals surface area contributed by atoms with E-state index in [0.29, 0.717) is 117 Å². The molecule has 1 aliphatic carbocycles. The summed E-state index contributed by atoms with van der Waals surface area (Å²) in [5.74, 6) is 2.08. The molecule has 1 saturated carbocycles. The van der Waals surface area contributed by atoms with Gasteiger partial charge in [-0.2, -0.15) is 4.99 Å². The van der Waals surface area contributed by atoms with E-state index in [-0.39, 0.29) is 23.6 Å². The molecule has 2 aliphatic rings. The van der Waals surface area contributed by atoms with Crippen LogP contribution in [0.5, 0.6) is 5.75 Å². The Morgan fingerprint density at radius 3 is 1.98 bits per heavy atom. The third-order valence-corrected chi connectivity index (χ3v) is 8.92. The predicted molar refractivity (Wildman–Crippen MR) is 205 cm³/mol. The van der Waals surface area contributed by atoms with Crippen LogP contribution < -0.4 is 26.8 Å². The quantitative estimate of drug-likeness (QED) is 0.0385. The number of nitrogens with two attached hydrogens (primary N) is 3. The van der Waals surface area contributed by atoms with Gasteiger partial charge in [0, 0.05) is 24.4 Å².